The number of Topliss-reactive ketones (excluding diaryl/α,β-unsaturated/α-hetero) is 1. The van der Waals surface area contributed by atoms with Crippen LogP contribution in [-0.2, 0) is 13.2 Å². The Morgan fingerprint density at radius 1 is 0.731 bits per heavy atom. The van der Waals surface area contributed by atoms with E-state index in [1.807, 2.05) is 60.7 Å². The fourth-order valence-electron chi connectivity index (χ4n) is 2.46. The number of rotatable bonds is 8. The zero-order valence-corrected chi connectivity index (χ0v) is 15.0. The zero-order valence-electron chi connectivity index (χ0n) is 14.2. The third kappa shape index (κ3) is 4.87. The van der Waals surface area contributed by atoms with E-state index in [1.54, 1.807) is 18.2 Å². The van der Waals surface area contributed by atoms with Crippen LogP contribution < -0.4 is 9.47 Å². The van der Waals surface area contributed by atoms with Gasteiger partial charge in [-0.15, -0.1) is 11.6 Å². The number of ether oxygens (including phenoxy) is 2. The molecule has 0 saturated carbocycles. The summed E-state index contributed by atoms with van der Waals surface area (Å²) in [6.45, 7) is 0.812. The van der Waals surface area contributed by atoms with Crippen LogP contribution in [-0.4, -0.2) is 11.7 Å². The van der Waals surface area contributed by atoms with Crippen molar-refractivity contribution in [2.45, 2.75) is 13.2 Å². The number of carbonyl (C=O) groups is 1. The second kappa shape index (κ2) is 9.07. The molecular weight excluding hydrogens is 348 g/mol. The maximum Gasteiger partial charge on any atom is 0.177 e. The van der Waals surface area contributed by atoms with Crippen LogP contribution in [0.3, 0.4) is 0 Å². The summed E-state index contributed by atoms with van der Waals surface area (Å²) >= 11 is 5.67. The molecule has 132 valence electrons. The number of halogens is 1. The molecule has 3 aromatic carbocycles. The molecule has 0 atom stereocenters. The zero-order chi connectivity index (χ0) is 18.2. The fourth-order valence-corrected chi connectivity index (χ4v) is 2.62. The molecule has 0 spiro atoms. The maximum atomic E-state index is 11.9. The Bertz CT molecular complexity index is 848. The lowest BCUT2D eigenvalue weighted by Gasteiger charge is -2.14. The molecule has 3 aromatic rings. The van der Waals surface area contributed by atoms with Crippen molar-refractivity contribution in [2.24, 2.45) is 0 Å². The molecule has 0 aliphatic heterocycles. The lowest BCUT2D eigenvalue weighted by Crippen LogP contribution is -2.04. The van der Waals surface area contributed by atoms with Crippen molar-refractivity contribution in [3.63, 3.8) is 0 Å². The van der Waals surface area contributed by atoms with Crippen molar-refractivity contribution in [3.8, 4) is 11.5 Å². The number of hydrogen-bond donors (Lipinski definition) is 0. The van der Waals surface area contributed by atoms with E-state index in [1.165, 1.54) is 0 Å². The van der Waals surface area contributed by atoms with E-state index in [-0.39, 0.29) is 11.7 Å². The summed E-state index contributed by atoms with van der Waals surface area (Å²) in [4.78, 5) is 11.9. The van der Waals surface area contributed by atoms with Crippen molar-refractivity contribution in [1.29, 1.82) is 0 Å². The van der Waals surface area contributed by atoms with E-state index in [0.29, 0.717) is 30.3 Å². The molecule has 0 aliphatic rings. The predicted octanol–water partition coefficient (Wildman–Crippen LogP) is 5.27. The van der Waals surface area contributed by atoms with Gasteiger partial charge in [0.15, 0.2) is 17.3 Å². The molecule has 3 nitrogen and oxygen atoms in total. The minimum Gasteiger partial charge on any atom is -0.485 e. The Morgan fingerprint density at radius 2 is 1.27 bits per heavy atom. The van der Waals surface area contributed by atoms with Crippen LogP contribution in [0.1, 0.15) is 21.5 Å². The van der Waals surface area contributed by atoms with E-state index < -0.39 is 0 Å². The highest BCUT2D eigenvalue weighted by molar-refractivity contribution is 6.30. The molecule has 0 N–H and O–H groups in total. The molecule has 0 heterocycles. The largest absolute Gasteiger partial charge is 0.485 e. The van der Waals surface area contributed by atoms with E-state index in [4.69, 9.17) is 21.1 Å². The van der Waals surface area contributed by atoms with Gasteiger partial charge in [-0.3, -0.25) is 4.79 Å². The van der Waals surface area contributed by atoms with Crippen LogP contribution in [0.5, 0.6) is 11.5 Å². The van der Waals surface area contributed by atoms with Gasteiger partial charge in [0.1, 0.15) is 13.2 Å². The predicted molar refractivity (Wildman–Crippen MR) is 103 cm³/mol. The van der Waals surface area contributed by atoms with Crippen LogP contribution in [0.25, 0.3) is 0 Å². The first kappa shape index (κ1) is 18.0. The summed E-state index contributed by atoms with van der Waals surface area (Å²) in [5.74, 6) is 0.907. The Morgan fingerprint density at radius 3 is 1.81 bits per heavy atom. The third-order valence-corrected chi connectivity index (χ3v) is 4.10. The molecule has 0 aromatic heterocycles. The molecule has 0 radical (unpaired) electrons. The monoisotopic (exact) mass is 366 g/mol. The SMILES string of the molecule is O=C(CCl)c1ccc(OCc2ccccc2)c(OCc2ccccc2)c1. The highest BCUT2D eigenvalue weighted by Gasteiger charge is 2.12. The van der Waals surface area contributed by atoms with Crippen molar-refractivity contribution >= 4 is 17.4 Å². The van der Waals surface area contributed by atoms with Crippen LogP contribution in [0.2, 0.25) is 0 Å². The number of carbonyl (C=O) groups excluding carboxylic acids is 1. The summed E-state index contributed by atoms with van der Waals surface area (Å²) in [6.07, 6.45) is 0. The fraction of sp³-hybridized carbons (Fsp3) is 0.136. The smallest absolute Gasteiger partial charge is 0.177 e. The van der Waals surface area contributed by atoms with Crippen LogP contribution in [0.15, 0.2) is 78.9 Å². The second-order valence-corrected chi connectivity index (χ2v) is 6.03. The van der Waals surface area contributed by atoms with Crippen molar-refractivity contribution in [1.82, 2.24) is 0 Å². The number of ketones is 1. The van der Waals surface area contributed by atoms with Gasteiger partial charge in [0.2, 0.25) is 0 Å². The lowest BCUT2D eigenvalue weighted by atomic mass is 10.1. The Labute approximate surface area is 158 Å². The van der Waals surface area contributed by atoms with Crippen LogP contribution >= 0.6 is 11.6 Å². The molecule has 4 heteroatoms. The van der Waals surface area contributed by atoms with Gasteiger partial charge in [0.25, 0.3) is 0 Å². The van der Waals surface area contributed by atoms with E-state index in [2.05, 4.69) is 0 Å². The molecule has 3 rings (SSSR count). The molecule has 0 fully saturated rings. The normalized spacial score (nSPS) is 10.3. The third-order valence-electron chi connectivity index (χ3n) is 3.86. The van der Waals surface area contributed by atoms with Crippen LogP contribution in [0.4, 0.5) is 0 Å². The molecule has 0 bridgehead atoms. The number of hydrogen-bond acceptors (Lipinski definition) is 3. The first-order valence-electron chi connectivity index (χ1n) is 8.33. The Hall–Kier alpha value is -2.78. The van der Waals surface area contributed by atoms with E-state index in [0.717, 1.165) is 11.1 Å². The first-order chi connectivity index (χ1) is 12.8. The average molecular weight is 367 g/mol. The first-order valence-corrected chi connectivity index (χ1v) is 8.86. The van der Waals surface area contributed by atoms with E-state index in [9.17, 15) is 4.79 Å². The number of benzene rings is 3. The lowest BCUT2D eigenvalue weighted by molar-refractivity contribution is 0.102. The van der Waals surface area contributed by atoms with Gasteiger partial charge in [-0.2, -0.15) is 0 Å². The van der Waals surface area contributed by atoms with Crippen LogP contribution in [0, 0.1) is 0 Å². The van der Waals surface area contributed by atoms with Gasteiger partial charge in [-0.05, 0) is 29.3 Å². The minimum atomic E-state index is -0.147. The molecule has 0 saturated heterocycles. The number of alkyl halides is 1. The second-order valence-electron chi connectivity index (χ2n) is 5.77. The van der Waals surface area contributed by atoms with Gasteiger partial charge in [-0.1, -0.05) is 60.7 Å². The van der Waals surface area contributed by atoms with Gasteiger partial charge < -0.3 is 9.47 Å². The minimum absolute atomic E-state index is 0.0671. The van der Waals surface area contributed by atoms with Gasteiger partial charge >= 0.3 is 0 Å². The topological polar surface area (TPSA) is 35.5 Å². The molecule has 0 unspecified atom stereocenters. The molecule has 0 amide bonds. The Balaban J connectivity index is 1.78. The van der Waals surface area contributed by atoms with Gasteiger partial charge in [-0.25, -0.2) is 0 Å². The Kier molecular flexibility index (Phi) is 6.29. The quantitative estimate of drug-likeness (QED) is 0.402. The van der Waals surface area contributed by atoms with Crippen molar-refractivity contribution in [3.05, 3.63) is 95.6 Å². The maximum absolute atomic E-state index is 11.9. The highest BCUT2D eigenvalue weighted by Crippen LogP contribution is 2.30. The van der Waals surface area contributed by atoms with Crippen molar-refractivity contribution in [2.75, 3.05) is 5.88 Å². The molecular formula is C22H19ClO3. The average Bonchev–Trinajstić information content (AvgIpc) is 2.72. The summed E-state index contributed by atoms with van der Waals surface area (Å²) in [5.41, 5.74) is 2.60. The van der Waals surface area contributed by atoms with Crippen molar-refractivity contribution < 1.29 is 14.3 Å². The highest BCUT2D eigenvalue weighted by atomic mass is 35.5. The summed E-state index contributed by atoms with van der Waals surface area (Å²) in [7, 11) is 0. The van der Waals surface area contributed by atoms with Gasteiger partial charge in [0.05, 0.1) is 5.88 Å². The standard InChI is InChI=1S/C22H19ClO3/c23-14-20(24)19-11-12-21(25-15-17-7-3-1-4-8-17)22(13-19)26-16-18-9-5-2-6-10-18/h1-13H,14-16H2. The van der Waals surface area contributed by atoms with E-state index >= 15 is 0 Å². The van der Waals surface area contributed by atoms with Gasteiger partial charge in [0, 0.05) is 5.56 Å². The summed E-state index contributed by atoms with van der Waals surface area (Å²) < 4.78 is 11.8. The summed E-state index contributed by atoms with van der Waals surface area (Å²) in [5, 5.41) is 0. The summed E-state index contributed by atoms with van der Waals surface area (Å²) in [6, 6.07) is 24.9. The molecule has 0 aliphatic carbocycles. The molecule has 26 heavy (non-hydrogen) atoms.